The van der Waals surface area contributed by atoms with Crippen LogP contribution in [-0.2, 0) is 0 Å². The van der Waals surface area contributed by atoms with E-state index >= 15 is 0 Å². The van der Waals surface area contributed by atoms with Crippen LogP contribution in [0, 0.1) is 20.8 Å². The van der Waals surface area contributed by atoms with Crippen LogP contribution in [0.1, 0.15) is 39.5 Å². The number of nitrogens with one attached hydrogen (secondary N) is 1. The number of rotatable bonds is 3. The van der Waals surface area contributed by atoms with Gasteiger partial charge in [0, 0.05) is 23.5 Å². The Kier molecular flexibility index (Phi) is 4.48. The summed E-state index contributed by atoms with van der Waals surface area (Å²) in [6.45, 7) is 8.10. The fraction of sp³-hybridized carbons (Fsp3) is 0.235. The molecule has 0 aliphatic heterocycles. The maximum absolute atomic E-state index is 11.9. The largest absolute Gasteiger partial charge is 0.271 e. The predicted octanol–water partition coefficient (Wildman–Crippen LogP) is 3.16. The average Bonchev–Trinajstić information content (AvgIpc) is 2.49. The quantitative estimate of drug-likeness (QED) is 0.694. The van der Waals surface area contributed by atoms with E-state index in [0.29, 0.717) is 5.56 Å². The highest BCUT2D eigenvalue weighted by Gasteiger charge is 2.07. The van der Waals surface area contributed by atoms with E-state index in [9.17, 15) is 4.79 Å². The molecule has 2 aromatic rings. The lowest BCUT2D eigenvalue weighted by Crippen LogP contribution is -2.19. The maximum Gasteiger partial charge on any atom is 0.271 e. The second kappa shape index (κ2) is 6.31. The molecule has 0 aliphatic carbocycles. The van der Waals surface area contributed by atoms with Crippen molar-refractivity contribution in [2.75, 3.05) is 0 Å². The number of aromatic nitrogens is 1. The van der Waals surface area contributed by atoms with Crippen molar-refractivity contribution >= 4 is 11.6 Å². The lowest BCUT2D eigenvalue weighted by molar-refractivity contribution is 0.0954. The third-order valence-corrected chi connectivity index (χ3v) is 3.50. The molecule has 4 heteroatoms. The Balaban J connectivity index is 2.19. The summed E-state index contributed by atoms with van der Waals surface area (Å²) in [6.07, 6.45) is 3.16. The Bertz CT molecular complexity index is 691. The molecule has 0 bridgehead atoms. The Labute approximate surface area is 124 Å². The van der Waals surface area contributed by atoms with Crippen LogP contribution in [0.15, 0.2) is 41.8 Å². The number of carbonyl (C=O) groups excluding carboxylic acids is 1. The second-order valence-electron chi connectivity index (χ2n) is 5.13. The van der Waals surface area contributed by atoms with Gasteiger partial charge >= 0.3 is 0 Å². The first kappa shape index (κ1) is 14.9. The topological polar surface area (TPSA) is 54.4 Å². The molecule has 1 amide bonds. The minimum Gasteiger partial charge on any atom is -0.267 e. The first-order valence-corrected chi connectivity index (χ1v) is 6.82. The van der Waals surface area contributed by atoms with Crippen molar-refractivity contribution in [3.63, 3.8) is 0 Å². The molecule has 0 unspecified atom stereocenters. The van der Waals surface area contributed by atoms with Crippen LogP contribution < -0.4 is 5.43 Å². The first-order chi connectivity index (χ1) is 9.99. The van der Waals surface area contributed by atoms with Gasteiger partial charge in [-0.1, -0.05) is 6.07 Å². The van der Waals surface area contributed by atoms with Crippen molar-refractivity contribution in [2.45, 2.75) is 27.7 Å². The molecule has 108 valence electrons. The van der Waals surface area contributed by atoms with Crippen molar-refractivity contribution in [2.24, 2.45) is 5.10 Å². The summed E-state index contributed by atoms with van der Waals surface area (Å²) in [4.78, 5) is 15.8. The zero-order valence-electron chi connectivity index (χ0n) is 12.8. The van der Waals surface area contributed by atoms with Gasteiger partial charge in [0.1, 0.15) is 0 Å². The summed E-state index contributed by atoms with van der Waals surface area (Å²) in [7, 11) is 0. The zero-order chi connectivity index (χ0) is 15.4. The lowest BCUT2D eigenvalue weighted by atomic mass is 9.98. The summed E-state index contributed by atoms with van der Waals surface area (Å²) < 4.78 is 0. The van der Waals surface area contributed by atoms with E-state index in [-0.39, 0.29) is 5.91 Å². The standard InChI is InChI=1S/C17H19N3O/c1-11-9-13(3)16(10-12(11)2)14(4)19-20-17(21)15-5-7-18-8-6-15/h5-10H,1-4H3,(H,20,21). The molecule has 0 saturated carbocycles. The van der Waals surface area contributed by atoms with Crippen LogP contribution in [0.4, 0.5) is 0 Å². The normalized spacial score (nSPS) is 11.3. The number of carbonyl (C=O) groups is 1. The van der Waals surface area contributed by atoms with Gasteiger partial charge in [-0.3, -0.25) is 9.78 Å². The summed E-state index contributed by atoms with van der Waals surface area (Å²) in [5.41, 5.74) is 8.58. The van der Waals surface area contributed by atoms with E-state index in [0.717, 1.165) is 16.8 Å². The van der Waals surface area contributed by atoms with E-state index in [4.69, 9.17) is 0 Å². The highest BCUT2D eigenvalue weighted by Crippen LogP contribution is 2.16. The molecule has 4 nitrogen and oxygen atoms in total. The second-order valence-corrected chi connectivity index (χ2v) is 5.13. The fourth-order valence-electron chi connectivity index (χ4n) is 2.11. The third-order valence-electron chi connectivity index (χ3n) is 3.50. The molecule has 0 radical (unpaired) electrons. The van der Waals surface area contributed by atoms with Crippen molar-refractivity contribution in [3.05, 3.63) is 64.5 Å². The van der Waals surface area contributed by atoms with Crippen molar-refractivity contribution in [1.29, 1.82) is 0 Å². The van der Waals surface area contributed by atoms with Gasteiger partial charge in [-0.25, -0.2) is 5.43 Å². The Morgan fingerprint density at radius 2 is 1.67 bits per heavy atom. The number of hydrogen-bond donors (Lipinski definition) is 1. The summed E-state index contributed by atoms with van der Waals surface area (Å²) in [6, 6.07) is 7.54. The zero-order valence-corrected chi connectivity index (χ0v) is 12.8. The van der Waals surface area contributed by atoms with E-state index in [2.05, 4.69) is 41.5 Å². The van der Waals surface area contributed by atoms with Crippen LogP contribution in [0.5, 0.6) is 0 Å². The SMILES string of the molecule is CC(=NNC(=O)c1ccncc1)c1cc(C)c(C)cc1C. The minimum atomic E-state index is -0.238. The van der Waals surface area contributed by atoms with Crippen LogP contribution in [-0.4, -0.2) is 16.6 Å². The van der Waals surface area contributed by atoms with E-state index in [1.807, 2.05) is 13.8 Å². The number of benzene rings is 1. The molecule has 0 saturated heterocycles. The summed E-state index contributed by atoms with van der Waals surface area (Å²) >= 11 is 0. The molecule has 0 atom stereocenters. The number of hydrogen-bond acceptors (Lipinski definition) is 3. The Morgan fingerprint density at radius 3 is 2.33 bits per heavy atom. The van der Waals surface area contributed by atoms with Gasteiger partial charge in [0.2, 0.25) is 0 Å². The molecular weight excluding hydrogens is 262 g/mol. The monoisotopic (exact) mass is 281 g/mol. The highest BCUT2D eigenvalue weighted by atomic mass is 16.2. The van der Waals surface area contributed by atoms with E-state index in [1.165, 1.54) is 11.1 Å². The van der Waals surface area contributed by atoms with Gasteiger partial charge in [0.15, 0.2) is 0 Å². The molecule has 0 aliphatic rings. The van der Waals surface area contributed by atoms with Gasteiger partial charge < -0.3 is 0 Å². The van der Waals surface area contributed by atoms with Crippen LogP contribution in [0.25, 0.3) is 0 Å². The smallest absolute Gasteiger partial charge is 0.267 e. The Morgan fingerprint density at radius 1 is 1.05 bits per heavy atom. The van der Waals surface area contributed by atoms with E-state index < -0.39 is 0 Å². The van der Waals surface area contributed by atoms with Crippen LogP contribution in [0.3, 0.4) is 0 Å². The third kappa shape index (κ3) is 3.54. The van der Waals surface area contributed by atoms with Gasteiger partial charge in [0.25, 0.3) is 5.91 Å². The van der Waals surface area contributed by atoms with Gasteiger partial charge in [-0.2, -0.15) is 5.10 Å². The molecule has 1 aromatic carbocycles. The predicted molar refractivity (Wildman–Crippen MR) is 84.6 cm³/mol. The Hall–Kier alpha value is -2.49. The van der Waals surface area contributed by atoms with Gasteiger partial charge in [-0.15, -0.1) is 0 Å². The molecule has 1 N–H and O–H groups in total. The van der Waals surface area contributed by atoms with E-state index in [1.54, 1.807) is 24.5 Å². The molecule has 1 aromatic heterocycles. The van der Waals surface area contributed by atoms with Gasteiger partial charge in [-0.05, 0) is 62.6 Å². The molecule has 1 heterocycles. The highest BCUT2D eigenvalue weighted by molar-refractivity contribution is 6.02. The molecule has 21 heavy (non-hydrogen) atoms. The van der Waals surface area contributed by atoms with Gasteiger partial charge in [0.05, 0.1) is 5.71 Å². The number of amides is 1. The van der Waals surface area contributed by atoms with Crippen molar-refractivity contribution in [1.82, 2.24) is 10.4 Å². The molecule has 2 rings (SSSR count). The summed E-state index contributed by atoms with van der Waals surface area (Å²) in [5, 5.41) is 4.20. The summed E-state index contributed by atoms with van der Waals surface area (Å²) in [5.74, 6) is -0.238. The van der Waals surface area contributed by atoms with Crippen LogP contribution >= 0.6 is 0 Å². The minimum absolute atomic E-state index is 0.238. The van der Waals surface area contributed by atoms with Crippen molar-refractivity contribution in [3.8, 4) is 0 Å². The molecule has 0 fully saturated rings. The van der Waals surface area contributed by atoms with Crippen molar-refractivity contribution < 1.29 is 4.79 Å². The average molecular weight is 281 g/mol. The number of aryl methyl sites for hydroxylation is 3. The molecule has 0 spiro atoms. The fourth-order valence-corrected chi connectivity index (χ4v) is 2.11. The maximum atomic E-state index is 11.9. The number of pyridine rings is 1. The number of hydrazone groups is 1. The molecular formula is C17H19N3O. The lowest BCUT2D eigenvalue weighted by Gasteiger charge is -2.09. The first-order valence-electron chi connectivity index (χ1n) is 6.82. The number of nitrogens with zero attached hydrogens (tertiary/aromatic N) is 2. The van der Waals surface area contributed by atoms with Crippen LogP contribution in [0.2, 0.25) is 0 Å².